The van der Waals surface area contributed by atoms with Gasteiger partial charge >= 0.3 is 0 Å². The maximum Gasteiger partial charge on any atom is 0.0220 e. The molecule has 0 saturated heterocycles. The molecular formula is C10H17N. The number of rotatable bonds is 1. The van der Waals surface area contributed by atoms with Crippen molar-refractivity contribution in [1.29, 1.82) is 0 Å². The van der Waals surface area contributed by atoms with E-state index in [1.54, 1.807) is 0 Å². The number of hydrogen-bond donors (Lipinski definition) is 1. The van der Waals surface area contributed by atoms with Gasteiger partial charge in [-0.25, -0.2) is 0 Å². The summed E-state index contributed by atoms with van der Waals surface area (Å²) in [5.74, 6) is 0.840. The first kappa shape index (κ1) is 7.35. The predicted molar refractivity (Wildman–Crippen MR) is 47.3 cm³/mol. The van der Waals surface area contributed by atoms with Crippen LogP contribution in [0.3, 0.4) is 0 Å². The van der Waals surface area contributed by atoms with E-state index in [2.05, 4.69) is 12.2 Å². The van der Waals surface area contributed by atoms with E-state index in [-0.39, 0.29) is 5.54 Å². The Balaban J connectivity index is 2.01. The summed E-state index contributed by atoms with van der Waals surface area (Å²) >= 11 is 0. The summed E-state index contributed by atoms with van der Waals surface area (Å²) in [4.78, 5) is 0. The first-order chi connectivity index (χ1) is 5.31. The van der Waals surface area contributed by atoms with Crippen LogP contribution in [0.25, 0.3) is 0 Å². The van der Waals surface area contributed by atoms with Crippen LogP contribution >= 0.6 is 0 Å². The van der Waals surface area contributed by atoms with Gasteiger partial charge in [-0.3, -0.25) is 0 Å². The maximum atomic E-state index is 6.31. The number of nitrogens with two attached hydrogens (primary N) is 1. The zero-order valence-electron chi connectivity index (χ0n) is 7.05. The van der Waals surface area contributed by atoms with Gasteiger partial charge in [-0.1, -0.05) is 18.6 Å². The summed E-state index contributed by atoms with van der Waals surface area (Å²) in [5.41, 5.74) is 6.50. The van der Waals surface area contributed by atoms with Gasteiger partial charge in [0.05, 0.1) is 0 Å². The normalized spacial score (nSPS) is 38.6. The third kappa shape index (κ3) is 1.22. The average molecular weight is 151 g/mol. The maximum absolute atomic E-state index is 6.31. The summed E-state index contributed by atoms with van der Waals surface area (Å²) in [6.07, 6.45) is 12.2. The minimum absolute atomic E-state index is 0.188. The van der Waals surface area contributed by atoms with Gasteiger partial charge in [0.15, 0.2) is 0 Å². The molecule has 1 saturated carbocycles. The lowest BCUT2D eigenvalue weighted by Gasteiger charge is -2.43. The summed E-state index contributed by atoms with van der Waals surface area (Å²) in [5, 5.41) is 0. The lowest BCUT2D eigenvalue weighted by Crippen LogP contribution is -2.50. The van der Waals surface area contributed by atoms with E-state index in [1.165, 1.54) is 32.1 Å². The minimum atomic E-state index is 0.188. The number of allylic oxidation sites excluding steroid dienone is 1. The van der Waals surface area contributed by atoms with Crippen LogP contribution in [-0.4, -0.2) is 5.54 Å². The Hall–Kier alpha value is -0.300. The summed E-state index contributed by atoms with van der Waals surface area (Å²) < 4.78 is 0. The van der Waals surface area contributed by atoms with Gasteiger partial charge in [-0.15, -0.1) is 0 Å². The third-order valence-electron chi connectivity index (χ3n) is 3.36. The molecule has 1 unspecified atom stereocenters. The van der Waals surface area contributed by atoms with Crippen molar-refractivity contribution in [3.05, 3.63) is 12.2 Å². The minimum Gasteiger partial charge on any atom is -0.325 e. The van der Waals surface area contributed by atoms with Gasteiger partial charge in [-0.2, -0.15) is 0 Å². The standard InChI is InChI=1S/C10H17N/c11-10(9-5-4-6-9)7-2-1-3-8-10/h1-2,9H,3-8,11H2. The molecule has 0 radical (unpaired) electrons. The van der Waals surface area contributed by atoms with Crippen LogP contribution in [0.15, 0.2) is 12.2 Å². The van der Waals surface area contributed by atoms with Gasteiger partial charge < -0.3 is 5.73 Å². The molecule has 1 nitrogen and oxygen atoms in total. The largest absolute Gasteiger partial charge is 0.325 e. The Kier molecular flexibility index (Phi) is 1.76. The molecule has 62 valence electrons. The van der Waals surface area contributed by atoms with E-state index in [0.29, 0.717) is 0 Å². The molecule has 0 bridgehead atoms. The molecule has 0 amide bonds. The zero-order chi connectivity index (χ0) is 7.73. The predicted octanol–water partition coefficient (Wildman–Crippen LogP) is 2.22. The Morgan fingerprint density at radius 1 is 1.27 bits per heavy atom. The molecule has 1 atom stereocenters. The summed E-state index contributed by atoms with van der Waals surface area (Å²) in [6, 6.07) is 0. The molecule has 0 spiro atoms. The fourth-order valence-corrected chi connectivity index (χ4v) is 2.23. The van der Waals surface area contributed by atoms with Gasteiger partial charge in [-0.05, 0) is 38.0 Å². The molecule has 1 heteroatoms. The zero-order valence-corrected chi connectivity index (χ0v) is 7.05. The van der Waals surface area contributed by atoms with E-state index in [1.807, 2.05) is 0 Å². The van der Waals surface area contributed by atoms with Crippen molar-refractivity contribution in [3.8, 4) is 0 Å². The molecular weight excluding hydrogens is 134 g/mol. The van der Waals surface area contributed by atoms with E-state index in [0.717, 1.165) is 12.3 Å². The fourth-order valence-electron chi connectivity index (χ4n) is 2.23. The molecule has 0 aromatic rings. The highest BCUT2D eigenvalue weighted by Crippen LogP contribution is 2.40. The Bertz CT molecular complexity index is 170. The van der Waals surface area contributed by atoms with Crippen molar-refractivity contribution in [2.75, 3.05) is 0 Å². The van der Waals surface area contributed by atoms with Crippen LogP contribution < -0.4 is 5.73 Å². The molecule has 11 heavy (non-hydrogen) atoms. The SMILES string of the molecule is NC1(C2CCC2)CC=CCC1. The van der Waals surface area contributed by atoms with Crippen LogP contribution in [0.2, 0.25) is 0 Å². The van der Waals surface area contributed by atoms with Crippen LogP contribution in [0.5, 0.6) is 0 Å². The van der Waals surface area contributed by atoms with Gasteiger partial charge in [0, 0.05) is 5.54 Å². The molecule has 2 N–H and O–H groups in total. The summed E-state index contributed by atoms with van der Waals surface area (Å²) in [6.45, 7) is 0. The molecule has 2 aliphatic carbocycles. The van der Waals surface area contributed by atoms with E-state index in [4.69, 9.17) is 5.73 Å². The molecule has 0 heterocycles. The van der Waals surface area contributed by atoms with Crippen LogP contribution in [0.1, 0.15) is 38.5 Å². The van der Waals surface area contributed by atoms with Crippen molar-refractivity contribution in [2.24, 2.45) is 11.7 Å². The highest BCUT2D eigenvalue weighted by atomic mass is 14.8. The second-order valence-corrected chi connectivity index (χ2v) is 4.08. The van der Waals surface area contributed by atoms with Crippen LogP contribution in [0, 0.1) is 5.92 Å². The smallest absolute Gasteiger partial charge is 0.0220 e. The van der Waals surface area contributed by atoms with E-state index >= 15 is 0 Å². The lowest BCUT2D eigenvalue weighted by atomic mass is 9.66. The Labute approximate surface area is 68.7 Å². The topological polar surface area (TPSA) is 26.0 Å². The Morgan fingerprint density at radius 2 is 2.09 bits per heavy atom. The van der Waals surface area contributed by atoms with Crippen molar-refractivity contribution in [1.82, 2.24) is 0 Å². The third-order valence-corrected chi connectivity index (χ3v) is 3.36. The first-order valence-electron chi connectivity index (χ1n) is 4.75. The average Bonchev–Trinajstić information content (AvgIpc) is 1.83. The lowest BCUT2D eigenvalue weighted by molar-refractivity contribution is 0.155. The number of hydrogen-bond acceptors (Lipinski definition) is 1. The van der Waals surface area contributed by atoms with Crippen molar-refractivity contribution in [3.63, 3.8) is 0 Å². The molecule has 0 aromatic carbocycles. The monoisotopic (exact) mass is 151 g/mol. The molecule has 0 aromatic heterocycles. The van der Waals surface area contributed by atoms with Gasteiger partial charge in [0.25, 0.3) is 0 Å². The van der Waals surface area contributed by atoms with E-state index < -0.39 is 0 Å². The second kappa shape index (κ2) is 2.63. The van der Waals surface area contributed by atoms with Crippen molar-refractivity contribution in [2.45, 2.75) is 44.1 Å². The molecule has 0 aliphatic heterocycles. The van der Waals surface area contributed by atoms with Gasteiger partial charge in [0.2, 0.25) is 0 Å². The molecule has 1 fully saturated rings. The molecule has 2 rings (SSSR count). The molecule has 2 aliphatic rings. The highest BCUT2D eigenvalue weighted by Gasteiger charge is 2.37. The van der Waals surface area contributed by atoms with Crippen LogP contribution in [0.4, 0.5) is 0 Å². The first-order valence-corrected chi connectivity index (χ1v) is 4.75. The summed E-state index contributed by atoms with van der Waals surface area (Å²) in [7, 11) is 0. The highest BCUT2D eigenvalue weighted by molar-refractivity contribution is 5.05. The van der Waals surface area contributed by atoms with E-state index in [9.17, 15) is 0 Å². The van der Waals surface area contributed by atoms with Crippen molar-refractivity contribution >= 4 is 0 Å². The quantitative estimate of drug-likeness (QED) is 0.571. The van der Waals surface area contributed by atoms with Crippen molar-refractivity contribution < 1.29 is 0 Å². The van der Waals surface area contributed by atoms with Gasteiger partial charge in [0.1, 0.15) is 0 Å². The fraction of sp³-hybridized carbons (Fsp3) is 0.800. The second-order valence-electron chi connectivity index (χ2n) is 4.08. The Morgan fingerprint density at radius 3 is 2.55 bits per heavy atom. The van der Waals surface area contributed by atoms with Crippen LogP contribution in [-0.2, 0) is 0 Å².